The Morgan fingerprint density at radius 3 is 2.74 bits per heavy atom. The van der Waals surface area contributed by atoms with Crippen LogP contribution in [-0.4, -0.2) is 54.3 Å². The molecule has 6 heteroatoms. The van der Waals surface area contributed by atoms with Crippen LogP contribution in [0, 0.1) is 0 Å². The molecule has 1 atom stereocenters. The molecular formula is C17H25N3O3. The third-order valence-electron chi connectivity index (χ3n) is 4.74. The Morgan fingerprint density at radius 1 is 1.17 bits per heavy atom. The fraction of sp³-hybridized carbons (Fsp3) is 0.647. The molecule has 23 heavy (non-hydrogen) atoms. The van der Waals surface area contributed by atoms with E-state index in [-0.39, 0.29) is 24.4 Å². The molecule has 2 fully saturated rings. The molecule has 1 aromatic heterocycles. The van der Waals surface area contributed by atoms with Gasteiger partial charge >= 0.3 is 0 Å². The Hall–Kier alpha value is -1.82. The van der Waals surface area contributed by atoms with Crippen LogP contribution >= 0.6 is 0 Å². The molecule has 0 aromatic carbocycles. The van der Waals surface area contributed by atoms with Crippen LogP contribution in [0.3, 0.4) is 0 Å². The Bertz CT molecular complexity index is 563. The van der Waals surface area contributed by atoms with Gasteiger partial charge in [0.15, 0.2) is 5.76 Å². The first kappa shape index (κ1) is 16.1. The summed E-state index contributed by atoms with van der Waals surface area (Å²) in [6.07, 6.45) is 4.51. The zero-order valence-corrected chi connectivity index (χ0v) is 13.7. The van der Waals surface area contributed by atoms with Gasteiger partial charge in [-0.2, -0.15) is 0 Å². The fourth-order valence-corrected chi connectivity index (χ4v) is 3.31. The Morgan fingerprint density at radius 2 is 1.96 bits per heavy atom. The van der Waals surface area contributed by atoms with E-state index >= 15 is 0 Å². The number of carbonyl (C=O) groups excluding carboxylic acids is 2. The van der Waals surface area contributed by atoms with Crippen molar-refractivity contribution >= 4 is 11.8 Å². The molecule has 3 rings (SSSR count). The highest BCUT2D eigenvalue weighted by molar-refractivity contribution is 5.94. The van der Waals surface area contributed by atoms with Gasteiger partial charge in [0.25, 0.3) is 5.91 Å². The lowest BCUT2D eigenvalue weighted by Crippen LogP contribution is -2.37. The molecule has 1 N–H and O–H groups in total. The molecule has 6 nitrogen and oxygen atoms in total. The first-order valence-electron chi connectivity index (χ1n) is 8.55. The lowest BCUT2D eigenvalue weighted by Gasteiger charge is -2.31. The summed E-state index contributed by atoms with van der Waals surface area (Å²) in [5, 5.41) is 2.78. The normalized spacial score (nSPS) is 21.6. The van der Waals surface area contributed by atoms with Crippen molar-refractivity contribution in [2.75, 3.05) is 32.7 Å². The topological polar surface area (TPSA) is 65.8 Å². The van der Waals surface area contributed by atoms with Crippen molar-refractivity contribution in [2.24, 2.45) is 0 Å². The minimum absolute atomic E-state index is 0.107. The second kappa shape index (κ2) is 7.17. The van der Waals surface area contributed by atoms with Crippen molar-refractivity contribution in [3.8, 4) is 0 Å². The molecule has 0 saturated carbocycles. The summed E-state index contributed by atoms with van der Waals surface area (Å²) in [6.45, 7) is 5.59. The van der Waals surface area contributed by atoms with E-state index in [1.165, 1.54) is 19.3 Å². The van der Waals surface area contributed by atoms with Gasteiger partial charge in [0.2, 0.25) is 5.91 Å². The first-order valence-corrected chi connectivity index (χ1v) is 8.55. The molecular weight excluding hydrogens is 294 g/mol. The Labute approximate surface area is 136 Å². The van der Waals surface area contributed by atoms with E-state index in [0.29, 0.717) is 18.8 Å². The van der Waals surface area contributed by atoms with Crippen LogP contribution in [0.4, 0.5) is 0 Å². The number of hydrogen-bond acceptors (Lipinski definition) is 4. The molecule has 0 radical (unpaired) electrons. The molecule has 2 aliphatic heterocycles. The van der Waals surface area contributed by atoms with Gasteiger partial charge in [-0.1, -0.05) is 6.42 Å². The molecule has 1 aromatic rings. The van der Waals surface area contributed by atoms with E-state index in [2.05, 4.69) is 17.1 Å². The standard InChI is InChI=1S/C17H25N3O3/c1-13(19-9-3-2-4-10-19)14-6-7-15(23-14)17(22)20-11-5-8-18-16(21)12-20/h6-7,13H,2-5,8-12H2,1H3,(H,18,21). The molecule has 2 aliphatic rings. The summed E-state index contributed by atoms with van der Waals surface area (Å²) in [5.41, 5.74) is 0. The summed E-state index contributed by atoms with van der Waals surface area (Å²) < 4.78 is 5.83. The summed E-state index contributed by atoms with van der Waals surface area (Å²) in [7, 11) is 0. The Balaban J connectivity index is 1.67. The highest BCUT2D eigenvalue weighted by Gasteiger charge is 2.26. The third kappa shape index (κ3) is 3.75. The average Bonchev–Trinajstić information content (AvgIpc) is 2.97. The van der Waals surface area contributed by atoms with Crippen LogP contribution in [0.1, 0.15) is 55.0 Å². The van der Waals surface area contributed by atoms with Gasteiger partial charge < -0.3 is 14.6 Å². The minimum atomic E-state index is -0.195. The maximum atomic E-state index is 12.5. The van der Waals surface area contributed by atoms with Gasteiger partial charge in [-0.3, -0.25) is 14.5 Å². The van der Waals surface area contributed by atoms with E-state index in [9.17, 15) is 9.59 Å². The lowest BCUT2D eigenvalue weighted by molar-refractivity contribution is -0.121. The quantitative estimate of drug-likeness (QED) is 0.922. The van der Waals surface area contributed by atoms with Gasteiger partial charge in [0.1, 0.15) is 5.76 Å². The molecule has 0 spiro atoms. The fourth-order valence-electron chi connectivity index (χ4n) is 3.31. The maximum absolute atomic E-state index is 12.5. The average molecular weight is 319 g/mol. The summed E-state index contributed by atoms with van der Waals surface area (Å²) in [5.74, 6) is 0.858. The van der Waals surface area contributed by atoms with Crippen molar-refractivity contribution in [2.45, 2.75) is 38.6 Å². The molecule has 0 bridgehead atoms. The molecule has 0 aliphatic carbocycles. The second-order valence-electron chi connectivity index (χ2n) is 6.40. The number of furan rings is 1. The van der Waals surface area contributed by atoms with Gasteiger partial charge in [0.05, 0.1) is 12.6 Å². The van der Waals surface area contributed by atoms with Crippen molar-refractivity contribution in [1.29, 1.82) is 0 Å². The minimum Gasteiger partial charge on any atom is -0.454 e. The molecule has 1 unspecified atom stereocenters. The van der Waals surface area contributed by atoms with Gasteiger partial charge in [0, 0.05) is 13.1 Å². The van der Waals surface area contributed by atoms with Crippen molar-refractivity contribution in [3.63, 3.8) is 0 Å². The zero-order valence-electron chi connectivity index (χ0n) is 13.7. The van der Waals surface area contributed by atoms with Crippen LogP contribution < -0.4 is 5.32 Å². The van der Waals surface area contributed by atoms with E-state index in [1.807, 2.05) is 6.07 Å². The Kier molecular flexibility index (Phi) is 5.00. The first-order chi connectivity index (χ1) is 11.1. The summed E-state index contributed by atoms with van der Waals surface area (Å²) >= 11 is 0. The van der Waals surface area contributed by atoms with Crippen LogP contribution in [0.25, 0.3) is 0 Å². The molecule has 2 amide bonds. The van der Waals surface area contributed by atoms with E-state index in [1.54, 1.807) is 11.0 Å². The highest BCUT2D eigenvalue weighted by Crippen LogP contribution is 2.26. The number of rotatable bonds is 3. The van der Waals surface area contributed by atoms with Crippen molar-refractivity contribution in [1.82, 2.24) is 15.1 Å². The number of nitrogens with zero attached hydrogens (tertiary/aromatic N) is 2. The van der Waals surface area contributed by atoms with Crippen molar-refractivity contribution < 1.29 is 14.0 Å². The number of nitrogens with one attached hydrogen (secondary N) is 1. The largest absolute Gasteiger partial charge is 0.454 e. The van der Waals surface area contributed by atoms with Crippen molar-refractivity contribution in [3.05, 3.63) is 23.7 Å². The van der Waals surface area contributed by atoms with E-state index in [0.717, 1.165) is 25.3 Å². The summed E-state index contributed by atoms with van der Waals surface area (Å²) in [4.78, 5) is 28.1. The van der Waals surface area contributed by atoms with E-state index in [4.69, 9.17) is 4.42 Å². The van der Waals surface area contributed by atoms with Crippen LogP contribution in [0.2, 0.25) is 0 Å². The molecule has 2 saturated heterocycles. The van der Waals surface area contributed by atoms with Crippen LogP contribution in [0.15, 0.2) is 16.5 Å². The predicted molar refractivity (Wildman–Crippen MR) is 86.1 cm³/mol. The highest BCUT2D eigenvalue weighted by atomic mass is 16.4. The number of piperidine rings is 1. The van der Waals surface area contributed by atoms with Gasteiger partial charge in [-0.25, -0.2) is 0 Å². The number of amides is 2. The predicted octanol–water partition coefficient (Wildman–Crippen LogP) is 1.79. The number of carbonyl (C=O) groups is 2. The monoisotopic (exact) mass is 319 g/mol. The smallest absolute Gasteiger partial charge is 0.290 e. The maximum Gasteiger partial charge on any atom is 0.290 e. The zero-order chi connectivity index (χ0) is 16.2. The third-order valence-corrected chi connectivity index (χ3v) is 4.74. The number of hydrogen-bond donors (Lipinski definition) is 1. The van der Waals surface area contributed by atoms with Gasteiger partial charge in [-0.05, 0) is 51.4 Å². The van der Waals surface area contributed by atoms with Crippen LogP contribution in [-0.2, 0) is 4.79 Å². The number of likely N-dealkylation sites (tertiary alicyclic amines) is 1. The lowest BCUT2D eigenvalue weighted by atomic mass is 10.1. The molecule has 3 heterocycles. The molecule has 126 valence electrons. The summed E-state index contributed by atoms with van der Waals surface area (Å²) in [6, 6.07) is 3.81. The van der Waals surface area contributed by atoms with E-state index < -0.39 is 0 Å². The van der Waals surface area contributed by atoms with Gasteiger partial charge in [-0.15, -0.1) is 0 Å². The second-order valence-corrected chi connectivity index (χ2v) is 6.40. The SMILES string of the molecule is CC(c1ccc(C(=O)N2CCCNC(=O)C2)o1)N1CCCCC1. The van der Waals surface area contributed by atoms with Crippen LogP contribution in [0.5, 0.6) is 0 Å².